The second kappa shape index (κ2) is 8.22. The molecule has 3 aromatic rings. The van der Waals surface area contributed by atoms with Gasteiger partial charge in [0.2, 0.25) is 5.91 Å². The van der Waals surface area contributed by atoms with Crippen LogP contribution in [0, 0.1) is 17.5 Å². The van der Waals surface area contributed by atoms with Crippen LogP contribution in [0.3, 0.4) is 0 Å². The fourth-order valence-electron chi connectivity index (χ4n) is 3.72. The van der Waals surface area contributed by atoms with Crippen LogP contribution in [0.2, 0.25) is 0 Å². The Morgan fingerprint density at radius 2 is 1.77 bits per heavy atom. The number of fused-ring (bicyclic) bond motifs is 1. The summed E-state index contributed by atoms with van der Waals surface area (Å²) < 4.78 is 46.1. The number of aromatic amines is 1. The van der Waals surface area contributed by atoms with Crippen molar-refractivity contribution >= 4 is 5.91 Å². The first-order valence-electron chi connectivity index (χ1n) is 9.58. The molecule has 0 atom stereocenters. The van der Waals surface area contributed by atoms with Gasteiger partial charge in [-0.1, -0.05) is 0 Å². The first-order valence-corrected chi connectivity index (χ1v) is 9.58. The maximum absolute atomic E-state index is 13.9. The molecule has 1 N–H and O–H groups in total. The van der Waals surface area contributed by atoms with E-state index in [-0.39, 0.29) is 0 Å². The monoisotopic (exact) mass is 415 g/mol. The largest absolute Gasteiger partial charge is 0.497 e. The molecular formula is C22H20F3N3O2. The third kappa shape index (κ3) is 3.90. The maximum atomic E-state index is 13.9. The van der Waals surface area contributed by atoms with Gasteiger partial charge in [0.25, 0.3) is 0 Å². The average molecular weight is 415 g/mol. The van der Waals surface area contributed by atoms with Gasteiger partial charge in [0.05, 0.1) is 19.2 Å². The molecule has 0 bridgehead atoms. The molecule has 2 aromatic carbocycles. The summed E-state index contributed by atoms with van der Waals surface area (Å²) in [4.78, 5) is 14.2. The van der Waals surface area contributed by atoms with Gasteiger partial charge in [0, 0.05) is 54.0 Å². The molecule has 1 amide bonds. The average Bonchev–Trinajstić information content (AvgIpc) is 3.01. The predicted molar refractivity (Wildman–Crippen MR) is 105 cm³/mol. The van der Waals surface area contributed by atoms with Crippen LogP contribution in [0.1, 0.15) is 16.8 Å². The number of amides is 1. The number of aromatic nitrogens is 2. The lowest BCUT2D eigenvalue weighted by Crippen LogP contribution is -2.35. The fraction of sp³-hybridized carbons (Fsp3) is 0.273. The molecule has 0 saturated heterocycles. The molecule has 0 aliphatic carbocycles. The van der Waals surface area contributed by atoms with E-state index in [1.165, 1.54) is 0 Å². The van der Waals surface area contributed by atoms with E-state index in [4.69, 9.17) is 4.74 Å². The van der Waals surface area contributed by atoms with E-state index in [9.17, 15) is 18.0 Å². The van der Waals surface area contributed by atoms with Crippen molar-refractivity contribution in [3.63, 3.8) is 0 Å². The highest BCUT2D eigenvalue weighted by atomic mass is 19.1. The first kappa shape index (κ1) is 20.0. The Morgan fingerprint density at radius 1 is 1.10 bits per heavy atom. The molecule has 2 heterocycles. The molecule has 156 valence electrons. The van der Waals surface area contributed by atoms with Gasteiger partial charge in [-0.05, 0) is 30.7 Å². The SMILES string of the molecule is COc1ccc(-c2n[nH]c3c2CCN(C(=O)Cc2c(F)cc(F)cc2F)CC3)cc1. The van der Waals surface area contributed by atoms with E-state index in [1.807, 2.05) is 24.3 Å². The summed E-state index contributed by atoms with van der Waals surface area (Å²) in [5.74, 6) is -2.76. The van der Waals surface area contributed by atoms with Crippen LogP contribution in [0.4, 0.5) is 13.2 Å². The zero-order valence-corrected chi connectivity index (χ0v) is 16.3. The number of H-pyrrole nitrogens is 1. The number of ether oxygens (including phenoxy) is 1. The van der Waals surface area contributed by atoms with Crippen LogP contribution in [-0.2, 0) is 24.1 Å². The number of carbonyl (C=O) groups excluding carboxylic acids is 1. The molecule has 1 aliphatic rings. The van der Waals surface area contributed by atoms with Crippen molar-refractivity contribution in [3.05, 3.63) is 70.7 Å². The van der Waals surface area contributed by atoms with Crippen molar-refractivity contribution in [2.24, 2.45) is 0 Å². The molecular weight excluding hydrogens is 395 g/mol. The van der Waals surface area contributed by atoms with E-state index in [1.54, 1.807) is 12.0 Å². The zero-order chi connectivity index (χ0) is 21.3. The van der Waals surface area contributed by atoms with Gasteiger partial charge in [-0.2, -0.15) is 5.10 Å². The number of hydrogen-bond donors (Lipinski definition) is 1. The summed E-state index contributed by atoms with van der Waals surface area (Å²) >= 11 is 0. The Labute approximate surface area is 171 Å². The van der Waals surface area contributed by atoms with E-state index < -0.39 is 35.3 Å². The van der Waals surface area contributed by atoms with Crippen LogP contribution >= 0.6 is 0 Å². The highest BCUT2D eigenvalue weighted by Crippen LogP contribution is 2.28. The molecule has 0 spiro atoms. The lowest BCUT2D eigenvalue weighted by molar-refractivity contribution is -0.130. The molecule has 30 heavy (non-hydrogen) atoms. The highest BCUT2D eigenvalue weighted by molar-refractivity contribution is 5.79. The van der Waals surface area contributed by atoms with Crippen molar-refractivity contribution in [1.29, 1.82) is 0 Å². The smallest absolute Gasteiger partial charge is 0.227 e. The number of benzene rings is 2. The molecule has 0 fully saturated rings. The molecule has 0 radical (unpaired) electrons. The van der Waals surface area contributed by atoms with E-state index >= 15 is 0 Å². The van der Waals surface area contributed by atoms with Gasteiger partial charge in [0.1, 0.15) is 23.2 Å². The summed E-state index contributed by atoms with van der Waals surface area (Å²) in [6.07, 6.45) is 0.668. The highest BCUT2D eigenvalue weighted by Gasteiger charge is 2.25. The van der Waals surface area contributed by atoms with Crippen molar-refractivity contribution in [2.45, 2.75) is 19.3 Å². The minimum Gasteiger partial charge on any atom is -0.497 e. The van der Waals surface area contributed by atoms with Crippen LogP contribution in [0.5, 0.6) is 5.75 Å². The maximum Gasteiger partial charge on any atom is 0.227 e. The Hall–Kier alpha value is -3.29. The van der Waals surface area contributed by atoms with Crippen LogP contribution < -0.4 is 4.74 Å². The predicted octanol–water partition coefficient (Wildman–Crippen LogP) is 3.67. The molecule has 4 rings (SSSR count). The van der Waals surface area contributed by atoms with Gasteiger partial charge < -0.3 is 9.64 Å². The first-order chi connectivity index (χ1) is 14.5. The normalized spacial score (nSPS) is 13.7. The van der Waals surface area contributed by atoms with Crippen molar-refractivity contribution in [1.82, 2.24) is 15.1 Å². The molecule has 1 aliphatic heterocycles. The molecule has 8 heteroatoms. The van der Waals surface area contributed by atoms with Gasteiger partial charge >= 0.3 is 0 Å². The summed E-state index contributed by atoms with van der Waals surface area (Å²) in [5.41, 5.74) is 3.30. The minimum absolute atomic E-state index is 0.400. The van der Waals surface area contributed by atoms with Gasteiger partial charge in [-0.15, -0.1) is 0 Å². The molecule has 1 aromatic heterocycles. The number of methoxy groups -OCH3 is 1. The van der Waals surface area contributed by atoms with E-state index in [0.29, 0.717) is 38.1 Å². The number of rotatable bonds is 4. The van der Waals surface area contributed by atoms with Gasteiger partial charge in [-0.25, -0.2) is 13.2 Å². The Morgan fingerprint density at radius 3 is 2.43 bits per heavy atom. The van der Waals surface area contributed by atoms with Gasteiger partial charge in [0.15, 0.2) is 0 Å². The van der Waals surface area contributed by atoms with Crippen molar-refractivity contribution in [3.8, 4) is 17.0 Å². The van der Waals surface area contributed by atoms with Crippen LogP contribution in [0.15, 0.2) is 36.4 Å². The minimum atomic E-state index is -1.05. The van der Waals surface area contributed by atoms with Crippen LogP contribution in [0.25, 0.3) is 11.3 Å². The van der Waals surface area contributed by atoms with Crippen molar-refractivity contribution < 1.29 is 22.7 Å². The number of halogens is 3. The summed E-state index contributed by atoms with van der Waals surface area (Å²) in [5, 5.41) is 7.48. The second-order valence-electron chi connectivity index (χ2n) is 7.16. The number of hydrogen-bond acceptors (Lipinski definition) is 3. The topological polar surface area (TPSA) is 58.2 Å². The number of carbonyl (C=O) groups is 1. The number of nitrogens with zero attached hydrogens (tertiary/aromatic N) is 2. The third-order valence-corrected chi connectivity index (χ3v) is 5.37. The quantitative estimate of drug-likeness (QED) is 0.708. The standard InChI is InChI=1S/C22H20F3N3O2/c1-30-15-4-2-13(3-5-15)22-16-6-8-28(9-7-20(16)26-27-22)21(29)12-17-18(24)10-14(23)11-19(17)25/h2-5,10-11H,6-9,12H2,1H3,(H,26,27). The lowest BCUT2D eigenvalue weighted by Gasteiger charge is -2.20. The van der Waals surface area contributed by atoms with E-state index in [2.05, 4.69) is 10.2 Å². The second-order valence-corrected chi connectivity index (χ2v) is 7.16. The Kier molecular flexibility index (Phi) is 5.48. The summed E-state index contributed by atoms with van der Waals surface area (Å²) in [6, 6.07) is 8.73. The molecule has 0 saturated carbocycles. The van der Waals surface area contributed by atoms with Crippen LogP contribution in [-0.4, -0.2) is 41.2 Å². The number of nitrogens with one attached hydrogen (secondary N) is 1. The Bertz CT molecular complexity index is 1060. The van der Waals surface area contributed by atoms with Crippen molar-refractivity contribution in [2.75, 3.05) is 20.2 Å². The lowest BCUT2D eigenvalue weighted by atomic mass is 10.0. The van der Waals surface area contributed by atoms with E-state index in [0.717, 1.165) is 28.3 Å². The summed E-state index contributed by atoms with van der Waals surface area (Å²) in [7, 11) is 1.60. The molecule has 0 unspecified atom stereocenters. The Balaban J connectivity index is 1.49. The third-order valence-electron chi connectivity index (χ3n) is 5.37. The molecule has 5 nitrogen and oxygen atoms in total. The summed E-state index contributed by atoms with van der Waals surface area (Å²) in [6.45, 7) is 0.805. The fourth-order valence-corrected chi connectivity index (χ4v) is 3.72. The zero-order valence-electron chi connectivity index (χ0n) is 16.3. The van der Waals surface area contributed by atoms with Gasteiger partial charge in [-0.3, -0.25) is 9.89 Å².